The molecule has 4 aromatic rings. The Labute approximate surface area is 142 Å². The van der Waals surface area contributed by atoms with Gasteiger partial charge in [-0.1, -0.05) is 25.1 Å². The number of fused-ring (bicyclic) bond motifs is 1. The molecule has 0 amide bonds. The first-order valence-corrected chi connectivity index (χ1v) is 8.66. The van der Waals surface area contributed by atoms with Crippen LogP contribution in [0.2, 0.25) is 0 Å². The predicted molar refractivity (Wildman–Crippen MR) is 98.3 cm³/mol. The van der Waals surface area contributed by atoms with Gasteiger partial charge in [0.1, 0.15) is 5.01 Å². The van der Waals surface area contributed by atoms with Crippen molar-refractivity contribution < 1.29 is 0 Å². The Morgan fingerprint density at radius 2 is 2.04 bits per heavy atom. The van der Waals surface area contributed by atoms with Crippen LogP contribution < -0.4 is 5.56 Å². The summed E-state index contributed by atoms with van der Waals surface area (Å²) in [6.45, 7) is 2.08. The first-order chi connectivity index (χ1) is 11.7. The van der Waals surface area contributed by atoms with Crippen molar-refractivity contribution >= 4 is 22.2 Å². The van der Waals surface area contributed by atoms with E-state index in [1.165, 1.54) is 11.3 Å². The maximum Gasteiger partial charge on any atom is 0.257 e. The average Bonchev–Trinajstić information content (AvgIpc) is 3.11. The van der Waals surface area contributed by atoms with Gasteiger partial charge in [0.05, 0.1) is 11.3 Å². The third-order valence-corrected chi connectivity index (χ3v) is 4.85. The zero-order valence-corrected chi connectivity index (χ0v) is 13.9. The molecule has 5 heteroatoms. The van der Waals surface area contributed by atoms with Gasteiger partial charge in [0.2, 0.25) is 0 Å². The molecule has 3 aromatic heterocycles. The molecule has 1 aromatic carbocycles. The number of nitrogens with one attached hydrogen (secondary N) is 1. The first kappa shape index (κ1) is 14.8. The third-order valence-electron chi connectivity index (χ3n) is 3.96. The summed E-state index contributed by atoms with van der Waals surface area (Å²) in [4.78, 5) is 24.3. The van der Waals surface area contributed by atoms with E-state index in [0.717, 1.165) is 33.6 Å². The highest BCUT2D eigenvalue weighted by Gasteiger charge is 2.11. The van der Waals surface area contributed by atoms with Gasteiger partial charge < -0.3 is 4.98 Å². The second-order valence-electron chi connectivity index (χ2n) is 5.53. The number of pyridine rings is 2. The number of rotatable bonds is 3. The lowest BCUT2D eigenvalue weighted by Crippen LogP contribution is -2.08. The first-order valence-electron chi connectivity index (χ1n) is 7.78. The molecule has 24 heavy (non-hydrogen) atoms. The summed E-state index contributed by atoms with van der Waals surface area (Å²) in [5.74, 6) is 0. The molecule has 118 valence electrons. The molecule has 0 spiro atoms. The maximum atomic E-state index is 12.4. The summed E-state index contributed by atoms with van der Waals surface area (Å²) < 4.78 is 0. The normalized spacial score (nSPS) is 11.0. The molecule has 0 unspecified atom stereocenters. The summed E-state index contributed by atoms with van der Waals surface area (Å²) in [6.07, 6.45) is 2.69. The average molecular weight is 333 g/mol. The summed E-state index contributed by atoms with van der Waals surface area (Å²) in [5, 5.41) is 3.83. The summed E-state index contributed by atoms with van der Waals surface area (Å²) in [6, 6.07) is 13.7. The van der Waals surface area contributed by atoms with Crippen molar-refractivity contribution in [2.45, 2.75) is 13.3 Å². The molecular formula is C19H15N3OS. The van der Waals surface area contributed by atoms with E-state index in [9.17, 15) is 4.79 Å². The Morgan fingerprint density at radius 3 is 2.92 bits per heavy atom. The Morgan fingerprint density at radius 1 is 1.17 bits per heavy atom. The molecule has 1 N–H and O–H groups in total. The van der Waals surface area contributed by atoms with E-state index in [-0.39, 0.29) is 5.56 Å². The number of aryl methyl sites for hydroxylation is 1. The van der Waals surface area contributed by atoms with Crippen LogP contribution in [-0.4, -0.2) is 15.0 Å². The standard InChI is InChI=1S/C19H15N3OS/c1-2-14-9-13(7-8-20-14)19-22-17(11-24-19)15-10-12-5-3-4-6-16(12)21-18(15)23/h3-11H,2H2,1H3,(H,21,23). The van der Waals surface area contributed by atoms with Gasteiger partial charge in [-0.15, -0.1) is 11.3 Å². The monoisotopic (exact) mass is 333 g/mol. The van der Waals surface area contributed by atoms with E-state index in [4.69, 9.17) is 0 Å². The van der Waals surface area contributed by atoms with E-state index in [2.05, 4.69) is 21.9 Å². The molecule has 0 aliphatic heterocycles. The fourth-order valence-electron chi connectivity index (χ4n) is 2.67. The third kappa shape index (κ3) is 2.63. The van der Waals surface area contributed by atoms with Gasteiger partial charge in [-0.05, 0) is 36.1 Å². The summed E-state index contributed by atoms with van der Waals surface area (Å²) in [7, 11) is 0. The summed E-state index contributed by atoms with van der Waals surface area (Å²) >= 11 is 1.54. The predicted octanol–water partition coefficient (Wildman–Crippen LogP) is 4.28. The van der Waals surface area contributed by atoms with Crippen LogP contribution in [-0.2, 0) is 6.42 Å². The minimum absolute atomic E-state index is 0.116. The van der Waals surface area contributed by atoms with Crippen LogP contribution in [0.1, 0.15) is 12.6 Å². The largest absolute Gasteiger partial charge is 0.321 e. The van der Waals surface area contributed by atoms with Crippen LogP contribution in [0, 0.1) is 0 Å². The Bertz CT molecular complexity index is 1080. The molecule has 0 atom stereocenters. The second kappa shape index (κ2) is 6.02. The zero-order chi connectivity index (χ0) is 16.5. The highest BCUT2D eigenvalue weighted by molar-refractivity contribution is 7.13. The number of para-hydroxylation sites is 1. The SMILES string of the molecule is CCc1cc(-c2nc(-c3cc4ccccc4[nH]c3=O)cs2)ccn1. The van der Waals surface area contributed by atoms with Gasteiger partial charge in [-0.2, -0.15) is 0 Å². The van der Waals surface area contributed by atoms with E-state index in [1.54, 1.807) is 6.20 Å². The molecule has 3 heterocycles. The van der Waals surface area contributed by atoms with Crippen molar-refractivity contribution in [2.75, 3.05) is 0 Å². The lowest BCUT2D eigenvalue weighted by Gasteiger charge is -2.01. The molecule has 0 aliphatic carbocycles. The lowest BCUT2D eigenvalue weighted by molar-refractivity contribution is 1.04. The molecule has 4 rings (SSSR count). The highest BCUT2D eigenvalue weighted by atomic mass is 32.1. The molecule has 0 aliphatic rings. The number of aromatic nitrogens is 3. The number of H-pyrrole nitrogens is 1. The van der Waals surface area contributed by atoms with Crippen molar-refractivity contribution in [1.29, 1.82) is 0 Å². The van der Waals surface area contributed by atoms with E-state index in [1.807, 2.05) is 47.8 Å². The molecule has 0 bridgehead atoms. The van der Waals surface area contributed by atoms with Crippen LogP contribution in [0.15, 0.2) is 58.8 Å². The van der Waals surface area contributed by atoms with Crippen LogP contribution in [0.25, 0.3) is 32.7 Å². The highest BCUT2D eigenvalue weighted by Crippen LogP contribution is 2.28. The minimum atomic E-state index is -0.116. The maximum absolute atomic E-state index is 12.4. The molecule has 0 fully saturated rings. The number of nitrogens with zero attached hydrogens (tertiary/aromatic N) is 2. The van der Waals surface area contributed by atoms with Crippen molar-refractivity contribution in [3.05, 3.63) is 70.1 Å². The van der Waals surface area contributed by atoms with Crippen LogP contribution in [0.3, 0.4) is 0 Å². The van der Waals surface area contributed by atoms with Crippen LogP contribution in [0.5, 0.6) is 0 Å². The summed E-state index contributed by atoms with van der Waals surface area (Å²) in [5.41, 5.74) is 4.10. The number of benzene rings is 1. The van der Waals surface area contributed by atoms with Gasteiger partial charge in [0, 0.05) is 28.4 Å². The Kier molecular flexibility index (Phi) is 3.70. The lowest BCUT2D eigenvalue weighted by atomic mass is 10.1. The van der Waals surface area contributed by atoms with Crippen LogP contribution in [0.4, 0.5) is 0 Å². The Balaban J connectivity index is 1.80. The topological polar surface area (TPSA) is 58.6 Å². The van der Waals surface area contributed by atoms with Crippen molar-refractivity contribution in [3.63, 3.8) is 0 Å². The van der Waals surface area contributed by atoms with Gasteiger partial charge in [-0.25, -0.2) is 4.98 Å². The van der Waals surface area contributed by atoms with Crippen molar-refractivity contribution in [2.24, 2.45) is 0 Å². The molecule has 0 radical (unpaired) electrons. The van der Waals surface area contributed by atoms with E-state index in [0.29, 0.717) is 11.3 Å². The number of aromatic amines is 1. The van der Waals surface area contributed by atoms with Gasteiger partial charge in [0.15, 0.2) is 0 Å². The van der Waals surface area contributed by atoms with Gasteiger partial charge >= 0.3 is 0 Å². The Hall–Kier alpha value is -2.79. The molecular weight excluding hydrogens is 318 g/mol. The molecule has 0 saturated carbocycles. The van der Waals surface area contributed by atoms with Gasteiger partial charge in [-0.3, -0.25) is 9.78 Å². The molecule has 4 nitrogen and oxygen atoms in total. The number of hydrogen-bond acceptors (Lipinski definition) is 4. The zero-order valence-electron chi connectivity index (χ0n) is 13.1. The van der Waals surface area contributed by atoms with Crippen molar-refractivity contribution in [1.82, 2.24) is 15.0 Å². The number of hydrogen-bond donors (Lipinski definition) is 1. The smallest absolute Gasteiger partial charge is 0.257 e. The van der Waals surface area contributed by atoms with E-state index < -0.39 is 0 Å². The number of thiazole rings is 1. The molecule has 0 saturated heterocycles. The van der Waals surface area contributed by atoms with Gasteiger partial charge in [0.25, 0.3) is 5.56 Å². The van der Waals surface area contributed by atoms with E-state index >= 15 is 0 Å². The van der Waals surface area contributed by atoms with Crippen LogP contribution >= 0.6 is 11.3 Å². The fourth-order valence-corrected chi connectivity index (χ4v) is 3.49. The van der Waals surface area contributed by atoms with Crippen molar-refractivity contribution in [3.8, 4) is 21.8 Å². The fraction of sp³-hybridized carbons (Fsp3) is 0.105. The minimum Gasteiger partial charge on any atom is -0.321 e. The quantitative estimate of drug-likeness (QED) is 0.609. The second-order valence-corrected chi connectivity index (χ2v) is 6.38.